The van der Waals surface area contributed by atoms with E-state index in [9.17, 15) is 0 Å². The SMILES string of the molecule is C[Si](C)(C)c1cccc2c1-c1c(-c3cccc(-c4ccc(-c5nc(-c6ccccc6)nc(-c6ccccc6)n5)cc4)c3)cccc1C2(c1ccccc1)c1ccccc1. The van der Waals surface area contributed by atoms with E-state index < -0.39 is 13.5 Å². The van der Waals surface area contributed by atoms with Crippen molar-refractivity contribution in [1.29, 1.82) is 0 Å². The summed E-state index contributed by atoms with van der Waals surface area (Å²) >= 11 is 0. The van der Waals surface area contributed by atoms with E-state index in [1.807, 2.05) is 60.7 Å². The Labute approximate surface area is 347 Å². The predicted molar refractivity (Wildman–Crippen MR) is 247 cm³/mol. The van der Waals surface area contributed by atoms with Crippen LogP contribution in [0, 0.1) is 0 Å². The summed E-state index contributed by atoms with van der Waals surface area (Å²) in [6.07, 6.45) is 0. The van der Waals surface area contributed by atoms with Crippen molar-refractivity contribution < 1.29 is 0 Å². The fourth-order valence-electron chi connectivity index (χ4n) is 9.06. The van der Waals surface area contributed by atoms with Crippen molar-refractivity contribution in [1.82, 2.24) is 15.0 Å². The Hall–Kier alpha value is -7.01. The van der Waals surface area contributed by atoms with Crippen molar-refractivity contribution in [3.63, 3.8) is 0 Å². The Bertz CT molecular complexity index is 2840. The normalized spacial score (nSPS) is 12.8. The third kappa shape index (κ3) is 6.33. The second-order valence-corrected chi connectivity index (χ2v) is 21.4. The van der Waals surface area contributed by atoms with Gasteiger partial charge < -0.3 is 0 Å². The lowest BCUT2D eigenvalue weighted by atomic mass is 9.67. The molecule has 8 aromatic carbocycles. The van der Waals surface area contributed by atoms with Crippen molar-refractivity contribution in [2.24, 2.45) is 0 Å². The van der Waals surface area contributed by atoms with Gasteiger partial charge >= 0.3 is 0 Å². The van der Waals surface area contributed by atoms with Crippen LogP contribution in [0.1, 0.15) is 22.3 Å². The van der Waals surface area contributed by atoms with E-state index in [4.69, 9.17) is 15.0 Å². The molecule has 0 saturated heterocycles. The first-order valence-corrected chi connectivity index (χ1v) is 23.9. The van der Waals surface area contributed by atoms with Crippen LogP contribution in [-0.2, 0) is 5.41 Å². The first-order chi connectivity index (χ1) is 28.9. The molecule has 1 aliphatic carbocycles. The second kappa shape index (κ2) is 14.7. The summed E-state index contributed by atoms with van der Waals surface area (Å²) in [6, 6.07) is 74.2. The predicted octanol–water partition coefficient (Wildman–Crippen LogP) is 13.1. The van der Waals surface area contributed by atoms with Crippen molar-refractivity contribution in [3.05, 3.63) is 229 Å². The Balaban J connectivity index is 1.10. The average molecular weight is 774 g/mol. The van der Waals surface area contributed by atoms with Crippen LogP contribution in [0.4, 0.5) is 0 Å². The molecule has 1 heterocycles. The maximum atomic E-state index is 4.97. The fourth-order valence-corrected chi connectivity index (χ4v) is 10.7. The number of hydrogen-bond donors (Lipinski definition) is 0. The zero-order valence-corrected chi connectivity index (χ0v) is 34.5. The number of benzene rings is 8. The molecule has 10 rings (SSSR count). The van der Waals surface area contributed by atoms with Gasteiger partial charge in [0, 0.05) is 16.7 Å². The van der Waals surface area contributed by atoms with Gasteiger partial charge in [-0.2, -0.15) is 0 Å². The average Bonchev–Trinajstić information content (AvgIpc) is 3.61. The van der Waals surface area contributed by atoms with E-state index in [-0.39, 0.29) is 0 Å². The summed E-state index contributed by atoms with van der Waals surface area (Å²) in [5, 5.41) is 1.49. The highest BCUT2D eigenvalue weighted by molar-refractivity contribution is 6.89. The molecule has 0 aliphatic heterocycles. The summed E-state index contributed by atoms with van der Waals surface area (Å²) in [6.45, 7) is 7.42. The number of nitrogens with zero attached hydrogens (tertiary/aromatic N) is 3. The summed E-state index contributed by atoms with van der Waals surface area (Å²) in [4.78, 5) is 14.8. The molecule has 0 saturated carbocycles. The highest BCUT2D eigenvalue weighted by Gasteiger charge is 2.48. The van der Waals surface area contributed by atoms with E-state index in [0.29, 0.717) is 17.5 Å². The zero-order chi connectivity index (χ0) is 40.0. The van der Waals surface area contributed by atoms with E-state index in [1.54, 1.807) is 0 Å². The largest absolute Gasteiger partial charge is 0.208 e. The Morgan fingerprint density at radius 1 is 0.339 bits per heavy atom. The maximum absolute atomic E-state index is 4.97. The quantitative estimate of drug-likeness (QED) is 0.144. The molecule has 4 heteroatoms. The van der Waals surface area contributed by atoms with Crippen LogP contribution >= 0.6 is 0 Å². The Kier molecular flexibility index (Phi) is 9.07. The van der Waals surface area contributed by atoms with Gasteiger partial charge in [-0.3, -0.25) is 0 Å². The van der Waals surface area contributed by atoms with Gasteiger partial charge in [0.25, 0.3) is 0 Å². The van der Waals surface area contributed by atoms with Gasteiger partial charge in [0.15, 0.2) is 17.5 Å². The molecule has 0 spiro atoms. The topological polar surface area (TPSA) is 38.7 Å². The molecule has 282 valence electrons. The molecule has 0 bridgehead atoms. The van der Waals surface area contributed by atoms with Gasteiger partial charge in [-0.15, -0.1) is 0 Å². The lowest BCUT2D eigenvalue weighted by Crippen LogP contribution is -2.39. The molecule has 1 aliphatic rings. The fraction of sp³-hybridized carbons (Fsp3) is 0.0727. The lowest BCUT2D eigenvalue weighted by molar-refractivity contribution is 0.769. The van der Waals surface area contributed by atoms with Crippen molar-refractivity contribution in [2.75, 3.05) is 0 Å². The number of aromatic nitrogens is 3. The van der Waals surface area contributed by atoms with Crippen molar-refractivity contribution in [3.8, 4) is 67.5 Å². The highest BCUT2D eigenvalue weighted by Crippen LogP contribution is 2.58. The standard InChI is InChI=1S/C55H43N3Si/c1-59(2,3)49-32-18-31-48-51(49)50-46(29-17-30-47(50)55(48,44-25-12-6-13-26-44)45-27-14-7-15-28-45)43-24-16-23-42(37-43)38-33-35-41(36-34-38)54-57-52(39-19-8-4-9-20-39)56-53(58-54)40-21-10-5-11-22-40/h4-37H,1-3H3. The van der Waals surface area contributed by atoms with Gasteiger partial charge in [-0.1, -0.05) is 225 Å². The molecule has 9 aromatic rings. The monoisotopic (exact) mass is 773 g/mol. The van der Waals surface area contributed by atoms with Crippen LogP contribution in [0.2, 0.25) is 19.6 Å². The molecular weight excluding hydrogens is 731 g/mol. The summed E-state index contributed by atoms with van der Waals surface area (Å²) < 4.78 is 0. The number of rotatable bonds is 8. The van der Waals surface area contributed by atoms with Gasteiger partial charge in [-0.05, 0) is 61.7 Å². The van der Waals surface area contributed by atoms with Gasteiger partial charge in [0.05, 0.1) is 13.5 Å². The Morgan fingerprint density at radius 2 is 0.746 bits per heavy atom. The Morgan fingerprint density at radius 3 is 1.27 bits per heavy atom. The number of hydrogen-bond acceptors (Lipinski definition) is 3. The minimum absolute atomic E-state index is 0.456. The molecule has 0 unspecified atom stereocenters. The smallest absolute Gasteiger partial charge is 0.164 e. The van der Waals surface area contributed by atoms with Crippen LogP contribution in [0.3, 0.4) is 0 Å². The van der Waals surface area contributed by atoms with Crippen LogP contribution in [0.5, 0.6) is 0 Å². The minimum atomic E-state index is -1.80. The highest BCUT2D eigenvalue weighted by atomic mass is 28.3. The van der Waals surface area contributed by atoms with Crippen molar-refractivity contribution in [2.45, 2.75) is 25.1 Å². The summed E-state index contributed by atoms with van der Waals surface area (Å²) in [5.41, 5.74) is 15.2. The van der Waals surface area contributed by atoms with Crippen LogP contribution in [0.25, 0.3) is 67.5 Å². The van der Waals surface area contributed by atoms with E-state index in [2.05, 4.69) is 165 Å². The first-order valence-electron chi connectivity index (χ1n) is 20.4. The van der Waals surface area contributed by atoms with Gasteiger partial charge in [-0.25, -0.2) is 15.0 Å². The summed E-state index contributed by atoms with van der Waals surface area (Å²) in [5.74, 6) is 1.96. The molecular formula is C55H43N3Si. The molecule has 0 radical (unpaired) electrons. The van der Waals surface area contributed by atoms with Crippen LogP contribution in [-0.4, -0.2) is 23.0 Å². The molecule has 1 aromatic heterocycles. The maximum Gasteiger partial charge on any atom is 0.164 e. The van der Waals surface area contributed by atoms with Gasteiger partial charge in [0.1, 0.15) is 0 Å². The van der Waals surface area contributed by atoms with E-state index in [1.165, 1.54) is 49.7 Å². The molecule has 59 heavy (non-hydrogen) atoms. The first kappa shape index (κ1) is 36.3. The van der Waals surface area contributed by atoms with Crippen LogP contribution in [0.15, 0.2) is 206 Å². The molecule has 3 nitrogen and oxygen atoms in total. The third-order valence-corrected chi connectivity index (χ3v) is 13.8. The summed E-state index contributed by atoms with van der Waals surface area (Å²) in [7, 11) is -1.80. The van der Waals surface area contributed by atoms with Crippen molar-refractivity contribution >= 4 is 13.3 Å². The van der Waals surface area contributed by atoms with E-state index in [0.717, 1.165) is 27.8 Å². The molecule has 0 N–H and O–H groups in total. The lowest BCUT2D eigenvalue weighted by Gasteiger charge is -2.34. The number of fused-ring (bicyclic) bond motifs is 3. The molecule has 0 atom stereocenters. The van der Waals surface area contributed by atoms with Crippen LogP contribution < -0.4 is 5.19 Å². The zero-order valence-electron chi connectivity index (χ0n) is 33.5. The minimum Gasteiger partial charge on any atom is -0.208 e. The molecule has 0 fully saturated rings. The second-order valence-electron chi connectivity index (χ2n) is 16.4. The third-order valence-electron chi connectivity index (χ3n) is 11.8. The van der Waals surface area contributed by atoms with Gasteiger partial charge in [0.2, 0.25) is 0 Å². The molecule has 0 amide bonds. The van der Waals surface area contributed by atoms with E-state index >= 15 is 0 Å².